The molecule has 20 heavy (non-hydrogen) atoms. The van der Waals surface area contributed by atoms with Gasteiger partial charge in [0, 0.05) is 0 Å². The Kier molecular flexibility index (Phi) is 6.73. The average Bonchev–Trinajstić information content (AvgIpc) is 2.41. The van der Waals surface area contributed by atoms with E-state index in [9.17, 15) is 14.0 Å². The molecule has 0 atom stereocenters. The zero-order valence-electron chi connectivity index (χ0n) is 10.9. The smallest absolute Gasteiger partial charge is 0.311 e. The number of allylic oxidation sites excluding steroid dienone is 1. The van der Waals surface area contributed by atoms with Gasteiger partial charge in [-0.15, -0.1) is 0 Å². The van der Waals surface area contributed by atoms with Crippen LogP contribution in [0.3, 0.4) is 0 Å². The van der Waals surface area contributed by atoms with Gasteiger partial charge in [-0.1, -0.05) is 29.8 Å². The second-order valence-corrected chi connectivity index (χ2v) is 4.18. The predicted octanol–water partition coefficient (Wildman–Crippen LogP) is 3.28. The van der Waals surface area contributed by atoms with Gasteiger partial charge in [-0.25, -0.2) is 4.39 Å². The Morgan fingerprint density at radius 2 is 2.00 bits per heavy atom. The zero-order chi connectivity index (χ0) is 15.0. The highest BCUT2D eigenvalue weighted by Crippen LogP contribution is 2.27. The maximum atomic E-state index is 13.4. The molecule has 1 aromatic carbocycles. The molecule has 0 saturated heterocycles. The number of carbonyl (C=O) groups excluding carboxylic acids is 2. The van der Waals surface area contributed by atoms with Crippen LogP contribution >= 0.6 is 11.6 Å². The van der Waals surface area contributed by atoms with Crippen molar-refractivity contribution in [2.75, 3.05) is 6.61 Å². The van der Waals surface area contributed by atoms with Crippen molar-refractivity contribution in [2.24, 2.45) is 0 Å². The molecule has 0 radical (unpaired) electrons. The first-order valence-electron chi connectivity index (χ1n) is 5.96. The molecular formula is C14H14ClFO4. The lowest BCUT2D eigenvalue weighted by Crippen LogP contribution is -2.13. The van der Waals surface area contributed by atoms with Crippen LogP contribution in [0.25, 0.3) is 0 Å². The molecule has 108 valence electrons. The molecule has 0 unspecified atom stereocenters. The van der Waals surface area contributed by atoms with E-state index in [0.717, 1.165) is 6.07 Å². The Bertz CT molecular complexity index is 494. The molecule has 0 aliphatic rings. The lowest BCUT2D eigenvalue weighted by molar-refractivity contribution is -0.146. The number of ether oxygens (including phenoxy) is 2. The van der Waals surface area contributed by atoms with Gasteiger partial charge in [-0.05, 0) is 19.1 Å². The third-order valence-corrected chi connectivity index (χ3v) is 2.54. The van der Waals surface area contributed by atoms with Crippen molar-refractivity contribution in [3.05, 3.63) is 41.2 Å². The van der Waals surface area contributed by atoms with E-state index in [1.54, 1.807) is 19.1 Å². The van der Waals surface area contributed by atoms with Crippen molar-refractivity contribution in [3.63, 3.8) is 0 Å². The van der Waals surface area contributed by atoms with Crippen molar-refractivity contribution < 1.29 is 23.5 Å². The molecule has 6 heteroatoms. The van der Waals surface area contributed by atoms with Gasteiger partial charge in [-0.3, -0.25) is 9.59 Å². The number of carbonyl (C=O) groups is 2. The number of rotatable bonds is 6. The van der Waals surface area contributed by atoms with Crippen molar-refractivity contribution in [1.29, 1.82) is 0 Å². The molecule has 4 nitrogen and oxygen atoms in total. The minimum absolute atomic E-state index is 0.00555. The summed E-state index contributed by atoms with van der Waals surface area (Å²) in [6.45, 7) is 1.95. The molecule has 0 amide bonds. The summed E-state index contributed by atoms with van der Waals surface area (Å²) in [5.74, 6) is -2.34. The highest BCUT2D eigenvalue weighted by molar-refractivity contribution is 6.32. The zero-order valence-corrected chi connectivity index (χ0v) is 11.7. The van der Waals surface area contributed by atoms with Crippen LogP contribution in [0.5, 0.6) is 5.75 Å². The molecule has 0 aliphatic heterocycles. The number of hydrogen-bond donors (Lipinski definition) is 0. The normalized spacial score (nSPS) is 10.6. The number of esters is 2. The Labute approximate surface area is 121 Å². The SMILES string of the molecule is C/C=C/COC(=O)CCC(=O)Oc1c(F)cccc1Cl. The quantitative estimate of drug-likeness (QED) is 0.459. The summed E-state index contributed by atoms with van der Waals surface area (Å²) < 4.78 is 22.9. The maximum absolute atomic E-state index is 13.4. The van der Waals surface area contributed by atoms with E-state index in [4.69, 9.17) is 21.1 Å². The third kappa shape index (κ3) is 5.40. The number of para-hydroxylation sites is 1. The van der Waals surface area contributed by atoms with Gasteiger partial charge in [0.25, 0.3) is 0 Å². The van der Waals surface area contributed by atoms with Crippen molar-refractivity contribution in [1.82, 2.24) is 0 Å². The Morgan fingerprint density at radius 3 is 2.65 bits per heavy atom. The minimum Gasteiger partial charge on any atom is -0.461 e. The van der Waals surface area contributed by atoms with Gasteiger partial charge in [0.15, 0.2) is 11.6 Å². The molecule has 0 spiro atoms. The summed E-state index contributed by atoms with van der Waals surface area (Å²) in [5, 5.41) is -0.00555. The first kappa shape index (κ1) is 16.2. The third-order valence-electron chi connectivity index (χ3n) is 2.24. The van der Waals surface area contributed by atoms with Crippen LogP contribution in [0.4, 0.5) is 4.39 Å². The van der Waals surface area contributed by atoms with Crippen LogP contribution in [-0.4, -0.2) is 18.5 Å². The first-order chi connectivity index (χ1) is 9.54. The van der Waals surface area contributed by atoms with E-state index in [1.807, 2.05) is 0 Å². The fraction of sp³-hybridized carbons (Fsp3) is 0.286. The van der Waals surface area contributed by atoms with Gasteiger partial charge in [0.05, 0.1) is 17.9 Å². The van der Waals surface area contributed by atoms with Crippen LogP contribution in [0.1, 0.15) is 19.8 Å². The van der Waals surface area contributed by atoms with Gasteiger partial charge < -0.3 is 9.47 Å². The van der Waals surface area contributed by atoms with E-state index in [1.165, 1.54) is 12.1 Å². The summed E-state index contributed by atoms with van der Waals surface area (Å²) in [5.41, 5.74) is 0. The van der Waals surface area contributed by atoms with Crippen LogP contribution < -0.4 is 4.74 Å². The Hall–Kier alpha value is -1.88. The molecular weight excluding hydrogens is 287 g/mol. The van der Waals surface area contributed by atoms with Crippen LogP contribution in [0.2, 0.25) is 5.02 Å². The van der Waals surface area contributed by atoms with E-state index in [2.05, 4.69) is 0 Å². The minimum atomic E-state index is -0.750. The van der Waals surface area contributed by atoms with Crippen LogP contribution in [0, 0.1) is 5.82 Å². The average molecular weight is 301 g/mol. The molecule has 0 aliphatic carbocycles. The van der Waals surface area contributed by atoms with E-state index in [-0.39, 0.29) is 30.2 Å². The van der Waals surface area contributed by atoms with Crippen molar-refractivity contribution in [2.45, 2.75) is 19.8 Å². The second-order valence-electron chi connectivity index (χ2n) is 3.78. The first-order valence-corrected chi connectivity index (χ1v) is 6.34. The number of benzene rings is 1. The maximum Gasteiger partial charge on any atom is 0.311 e. The summed E-state index contributed by atoms with van der Waals surface area (Å²) in [4.78, 5) is 22.7. The van der Waals surface area contributed by atoms with Gasteiger partial charge in [0.2, 0.25) is 0 Å². The van der Waals surface area contributed by atoms with E-state index >= 15 is 0 Å². The summed E-state index contributed by atoms with van der Waals surface area (Å²) in [6.07, 6.45) is 3.05. The number of hydrogen-bond acceptors (Lipinski definition) is 4. The second kappa shape index (κ2) is 8.32. The van der Waals surface area contributed by atoms with Gasteiger partial charge in [0.1, 0.15) is 6.61 Å². The molecule has 0 fully saturated rings. The lowest BCUT2D eigenvalue weighted by Gasteiger charge is -2.07. The van der Waals surface area contributed by atoms with E-state index < -0.39 is 17.8 Å². The van der Waals surface area contributed by atoms with Crippen molar-refractivity contribution in [3.8, 4) is 5.75 Å². The summed E-state index contributed by atoms with van der Waals surface area (Å²) in [7, 11) is 0. The van der Waals surface area contributed by atoms with Crippen LogP contribution in [-0.2, 0) is 14.3 Å². The van der Waals surface area contributed by atoms with Crippen LogP contribution in [0.15, 0.2) is 30.4 Å². The molecule has 0 heterocycles. The van der Waals surface area contributed by atoms with Gasteiger partial charge >= 0.3 is 11.9 Å². The molecule has 0 saturated carbocycles. The Morgan fingerprint density at radius 1 is 1.30 bits per heavy atom. The highest BCUT2D eigenvalue weighted by atomic mass is 35.5. The molecule has 1 aromatic rings. The predicted molar refractivity (Wildman–Crippen MR) is 72.1 cm³/mol. The Balaban J connectivity index is 2.42. The molecule has 0 bridgehead atoms. The largest absolute Gasteiger partial charge is 0.461 e. The lowest BCUT2D eigenvalue weighted by atomic mass is 10.3. The topological polar surface area (TPSA) is 52.6 Å². The highest BCUT2D eigenvalue weighted by Gasteiger charge is 2.14. The van der Waals surface area contributed by atoms with E-state index in [0.29, 0.717) is 0 Å². The summed E-state index contributed by atoms with van der Waals surface area (Å²) >= 11 is 5.70. The number of halogens is 2. The standard InChI is InChI=1S/C14H14ClFO4/c1-2-3-9-19-12(17)7-8-13(18)20-14-10(15)5-4-6-11(14)16/h2-6H,7-9H2,1H3/b3-2+. The summed E-state index contributed by atoms with van der Waals surface area (Å²) in [6, 6.07) is 3.92. The fourth-order valence-corrected chi connectivity index (χ4v) is 1.46. The van der Waals surface area contributed by atoms with Gasteiger partial charge in [-0.2, -0.15) is 0 Å². The molecule has 1 rings (SSSR count). The molecule has 0 aromatic heterocycles. The monoisotopic (exact) mass is 300 g/mol. The fourth-order valence-electron chi connectivity index (χ4n) is 1.26. The molecule has 0 N–H and O–H groups in total. The van der Waals surface area contributed by atoms with Crippen molar-refractivity contribution >= 4 is 23.5 Å².